The Hall–Kier alpha value is -2.57. The number of nitrogens with one attached hydrogen (secondary N) is 1. The highest BCUT2D eigenvalue weighted by molar-refractivity contribution is 5.87. The highest BCUT2D eigenvalue weighted by Crippen LogP contribution is 2.28. The molecular formula is C22H23N3. The van der Waals surface area contributed by atoms with Crippen molar-refractivity contribution in [1.82, 2.24) is 14.9 Å². The van der Waals surface area contributed by atoms with Gasteiger partial charge in [0.1, 0.15) is 5.65 Å². The average molecular weight is 329 g/mol. The molecule has 0 bridgehead atoms. The van der Waals surface area contributed by atoms with Crippen LogP contribution in [0.1, 0.15) is 30.5 Å². The number of aromatic amines is 1. The summed E-state index contributed by atoms with van der Waals surface area (Å²) in [6.45, 7) is 7.94. The van der Waals surface area contributed by atoms with Crippen LogP contribution in [-0.4, -0.2) is 28.0 Å². The smallest absolute Gasteiger partial charge is 0.138 e. The van der Waals surface area contributed by atoms with E-state index in [1.165, 1.54) is 23.2 Å². The van der Waals surface area contributed by atoms with E-state index in [4.69, 9.17) is 6.42 Å². The summed E-state index contributed by atoms with van der Waals surface area (Å²) in [5, 5.41) is 1.01. The normalized spacial score (nSPS) is 14.6. The fourth-order valence-corrected chi connectivity index (χ4v) is 3.74. The zero-order valence-corrected chi connectivity index (χ0v) is 14.8. The number of terminal acetylenes is 1. The molecule has 0 unspecified atom stereocenters. The van der Waals surface area contributed by atoms with E-state index >= 15 is 0 Å². The number of rotatable bonds is 3. The van der Waals surface area contributed by atoms with Gasteiger partial charge in [-0.1, -0.05) is 38.0 Å². The fraction of sp³-hybridized carbons (Fsp3) is 0.318. The molecule has 0 amide bonds. The Kier molecular flexibility index (Phi) is 4.07. The van der Waals surface area contributed by atoms with E-state index in [-0.39, 0.29) is 0 Å². The van der Waals surface area contributed by atoms with E-state index in [1.807, 2.05) is 12.4 Å². The highest BCUT2D eigenvalue weighted by atomic mass is 15.1. The maximum absolute atomic E-state index is 5.59. The van der Waals surface area contributed by atoms with Gasteiger partial charge >= 0.3 is 0 Å². The Morgan fingerprint density at radius 1 is 1.24 bits per heavy atom. The number of nitrogens with zero attached hydrogens (tertiary/aromatic N) is 2. The fourth-order valence-electron chi connectivity index (χ4n) is 3.74. The summed E-state index contributed by atoms with van der Waals surface area (Å²) < 4.78 is 0. The topological polar surface area (TPSA) is 31.9 Å². The third kappa shape index (κ3) is 3.06. The molecule has 0 saturated heterocycles. The van der Waals surface area contributed by atoms with Gasteiger partial charge in [-0.15, -0.1) is 6.42 Å². The summed E-state index contributed by atoms with van der Waals surface area (Å²) in [5.41, 5.74) is 6.97. The predicted octanol–water partition coefficient (Wildman–Crippen LogP) is 4.23. The Morgan fingerprint density at radius 2 is 2.12 bits per heavy atom. The third-order valence-corrected chi connectivity index (χ3v) is 4.94. The zero-order chi connectivity index (χ0) is 17.4. The second kappa shape index (κ2) is 6.38. The van der Waals surface area contributed by atoms with Crippen molar-refractivity contribution in [1.29, 1.82) is 0 Å². The molecule has 3 heteroatoms. The number of fused-ring (bicyclic) bond motifs is 2. The molecule has 3 nitrogen and oxygen atoms in total. The van der Waals surface area contributed by atoms with Gasteiger partial charge in [0.15, 0.2) is 0 Å². The second-order valence-corrected chi connectivity index (χ2v) is 7.33. The van der Waals surface area contributed by atoms with Gasteiger partial charge in [-0.2, -0.15) is 0 Å². The molecule has 1 aliphatic heterocycles. The summed E-state index contributed by atoms with van der Waals surface area (Å²) in [6.07, 6.45) is 10.5. The largest absolute Gasteiger partial charge is 0.345 e. The molecule has 1 aliphatic rings. The van der Waals surface area contributed by atoms with Gasteiger partial charge < -0.3 is 4.98 Å². The van der Waals surface area contributed by atoms with Gasteiger partial charge in [0.05, 0.1) is 5.56 Å². The number of pyridine rings is 1. The SMILES string of the molecule is C#Cc1c[nH]c2ncc(-c3ccc4c(c3)CCN(CC(C)C)C4)cc12. The molecule has 4 rings (SSSR count). The minimum Gasteiger partial charge on any atom is -0.345 e. The van der Waals surface area contributed by atoms with Crippen LogP contribution in [0.4, 0.5) is 0 Å². The van der Waals surface area contributed by atoms with Gasteiger partial charge in [-0.05, 0) is 35.1 Å². The minimum atomic E-state index is 0.713. The first kappa shape index (κ1) is 15.9. The summed E-state index contributed by atoms with van der Waals surface area (Å²) in [4.78, 5) is 10.2. The first-order chi connectivity index (χ1) is 12.1. The summed E-state index contributed by atoms with van der Waals surface area (Å²) in [5.74, 6) is 3.44. The predicted molar refractivity (Wildman–Crippen MR) is 103 cm³/mol. The van der Waals surface area contributed by atoms with Crippen LogP contribution in [-0.2, 0) is 13.0 Å². The molecule has 0 radical (unpaired) electrons. The first-order valence-corrected chi connectivity index (χ1v) is 8.92. The van der Waals surface area contributed by atoms with Crippen LogP contribution < -0.4 is 0 Å². The second-order valence-electron chi connectivity index (χ2n) is 7.33. The lowest BCUT2D eigenvalue weighted by Crippen LogP contribution is -2.33. The average Bonchev–Trinajstić information content (AvgIpc) is 3.03. The van der Waals surface area contributed by atoms with Crippen molar-refractivity contribution in [3.63, 3.8) is 0 Å². The molecular weight excluding hydrogens is 306 g/mol. The zero-order valence-electron chi connectivity index (χ0n) is 14.8. The Balaban J connectivity index is 1.66. The summed E-state index contributed by atoms with van der Waals surface area (Å²) in [6, 6.07) is 8.96. The Labute approximate surface area is 149 Å². The van der Waals surface area contributed by atoms with Crippen molar-refractivity contribution in [2.45, 2.75) is 26.8 Å². The van der Waals surface area contributed by atoms with Crippen LogP contribution in [0.2, 0.25) is 0 Å². The summed E-state index contributed by atoms with van der Waals surface area (Å²) >= 11 is 0. The lowest BCUT2D eigenvalue weighted by atomic mass is 9.94. The number of aromatic nitrogens is 2. The first-order valence-electron chi connectivity index (χ1n) is 8.92. The molecule has 0 saturated carbocycles. The monoisotopic (exact) mass is 329 g/mol. The maximum Gasteiger partial charge on any atom is 0.138 e. The van der Waals surface area contributed by atoms with Crippen LogP contribution in [0.3, 0.4) is 0 Å². The maximum atomic E-state index is 5.59. The van der Waals surface area contributed by atoms with E-state index in [0.29, 0.717) is 5.92 Å². The third-order valence-electron chi connectivity index (χ3n) is 4.94. The van der Waals surface area contributed by atoms with E-state index < -0.39 is 0 Å². The van der Waals surface area contributed by atoms with Crippen molar-refractivity contribution in [2.24, 2.45) is 5.92 Å². The highest BCUT2D eigenvalue weighted by Gasteiger charge is 2.17. The lowest BCUT2D eigenvalue weighted by Gasteiger charge is -2.30. The molecule has 3 heterocycles. The standard InChI is InChI=1S/C22H23N3/c1-4-16-11-23-22-21(16)10-20(12-24-22)17-5-6-19-14-25(13-15(2)3)8-7-18(19)9-17/h1,5-6,9-12,15H,7-8,13-14H2,2-3H3,(H,23,24). The van der Waals surface area contributed by atoms with Crippen LogP contribution >= 0.6 is 0 Å². The lowest BCUT2D eigenvalue weighted by molar-refractivity contribution is 0.226. The molecule has 126 valence electrons. The van der Waals surface area contributed by atoms with Crippen molar-refractivity contribution in [2.75, 3.05) is 13.1 Å². The van der Waals surface area contributed by atoms with Crippen LogP contribution in [0.15, 0.2) is 36.7 Å². The molecule has 0 atom stereocenters. The molecule has 1 aromatic carbocycles. The number of benzene rings is 1. The number of H-pyrrole nitrogens is 1. The molecule has 25 heavy (non-hydrogen) atoms. The molecule has 2 aromatic heterocycles. The van der Waals surface area contributed by atoms with Crippen LogP contribution in [0, 0.1) is 18.3 Å². The molecule has 0 spiro atoms. The molecule has 0 fully saturated rings. The summed E-state index contributed by atoms with van der Waals surface area (Å²) in [7, 11) is 0. The van der Waals surface area contributed by atoms with Crippen molar-refractivity contribution in [3.05, 3.63) is 53.3 Å². The Bertz CT molecular complexity index is 959. The van der Waals surface area contributed by atoms with E-state index in [9.17, 15) is 0 Å². The van der Waals surface area contributed by atoms with Gasteiger partial charge in [-0.25, -0.2) is 4.98 Å². The minimum absolute atomic E-state index is 0.713. The van der Waals surface area contributed by atoms with E-state index in [1.54, 1.807) is 0 Å². The quantitative estimate of drug-likeness (QED) is 0.729. The van der Waals surface area contributed by atoms with Gasteiger partial charge in [0, 0.05) is 43.0 Å². The molecule has 0 aliphatic carbocycles. The van der Waals surface area contributed by atoms with Crippen molar-refractivity contribution < 1.29 is 0 Å². The van der Waals surface area contributed by atoms with Crippen molar-refractivity contribution in [3.8, 4) is 23.5 Å². The number of hydrogen-bond donors (Lipinski definition) is 1. The van der Waals surface area contributed by atoms with E-state index in [0.717, 1.165) is 41.7 Å². The van der Waals surface area contributed by atoms with Gasteiger partial charge in [0.25, 0.3) is 0 Å². The Morgan fingerprint density at radius 3 is 2.92 bits per heavy atom. The van der Waals surface area contributed by atoms with Crippen LogP contribution in [0.5, 0.6) is 0 Å². The van der Waals surface area contributed by atoms with Gasteiger partial charge in [0.2, 0.25) is 0 Å². The van der Waals surface area contributed by atoms with Crippen LogP contribution in [0.25, 0.3) is 22.2 Å². The molecule has 3 aromatic rings. The van der Waals surface area contributed by atoms with E-state index in [2.05, 4.69) is 58.9 Å². The van der Waals surface area contributed by atoms with Crippen molar-refractivity contribution >= 4 is 11.0 Å². The van der Waals surface area contributed by atoms with Gasteiger partial charge in [-0.3, -0.25) is 4.90 Å². The number of hydrogen-bond acceptors (Lipinski definition) is 2. The molecule has 1 N–H and O–H groups in total.